The van der Waals surface area contributed by atoms with E-state index in [1.165, 1.54) is 28.8 Å². The van der Waals surface area contributed by atoms with Crippen LogP contribution in [0.25, 0.3) is 0 Å². The van der Waals surface area contributed by atoms with Crippen LogP contribution in [0, 0.1) is 11.7 Å². The molecule has 0 saturated heterocycles. The van der Waals surface area contributed by atoms with Gasteiger partial charge in [0.1, 0.15) is 5.82 Å². The van der Waals surface area contributed by atoms with Crippen molar-refractivity contribution >= 4 is 26.5 Å². The second kappa shape index (κ2) is 10.8. The van der Waals surface area contributed by atoms with Crippen molar-refractivity contribution in [3.05, 3.63) is 40.7 Å². The molecule has 0 amide bonds. The Morgan fingerprint density at radius 1 is 1.21 bits per heavy atom. The molecule has 1 atom stereocenters. The molecule has 0 bridgehead atoms. The molecule has 9 heteroatoms. The first kappa shape index (κ1) is 24.6. The zero-order valence-electron chi connectivity index (χ0n) is 19.3. The number of anilines is 1. The van der Waals surface area contributed by atoms with E-state index in [-0.39, 0.29) is 10.9 Å². The van der Waals surface area contributed by atoms with Crippen molar-refractivity contribution in [2.45, 2.75) is 81.7 Å². The molecule has 1 aromatic heterocycles. The topological polar surface area (TPSA) is 88.3 Å². The SMILES string of the molecule is CCCN(CCC1CCC(NS(=O)(=O)c2cccc(F)c2)CC1)[C@@H]1CCc2nc(N)sc2C1. The number of aromatic nitrogens is 1. The van der Waals surface area contributed by atoms with E-state index >= 15 is 0 Å². The van der Waals surface area contributed by atoms with Gasteiger partial charge in [-0.25, -0.2) is 22.5 Å². The Kier molecular flexibility index (Phi) is 8.04. The molecule has 0 spiro atoms. The fourth-order valence-corrected chi connectivity index (χ4v) is 7.58. The molecule has 1 heterocycles. The number of halogens is 1. The van der Waals surface area contributed by atoms with Crippen molar-refractivity contribution < 1.29 is 12.8 Å². The molecule has 1 fully saturated rings. The Balaban J connectivity index is 1.26. The number of nitrogen functional groups attached to an aromatic ring is 1. The summed E-state index contributed by atoms with van der Waals surface area (Å²) in [5, 5.41) is 0.687. The van der Waals surface area contributed by atoms with Gasteiger partial charge in [-0.15, -0.1) is 11.3 Å². The van der Waals surface area contributed by atoms with Crippen LogP contribution in [-0.2, 0) is 22.9 Å². The summed E-state index contributed by atoms with van der Waals surface area (Å²) in [5.74, 6) is 0.0868. The van der Waals surface area contributed by atoms with E-state index in [0.29, 0.717) is 17.1 Å². The first-order valence-electron chi connectivity index (χ1n) is 12.1. The first-order valence-corrected chi connectivity index (χ1v) is 14.4. The van der Waals surface area contributed by atoms with Gasteiger partial charge in [0, 0.05) is 17.0 Å². The van der Waals surface area contributed by atoms with Gasteiger partial charge in [0.05, 0.1) is 10.6 Å². The second-order valence-electron chi connectivity index (χ2n) is 9.44. The van der Waals surface area contributed by atoms with Gasteiger partial charge >= 0.3 is 0 Å². The fraction of sp³-hybridized carbons (Fsp3) is 0.625. The minimum Gasteiger partial charge on any atom is -0.375 e. The number of fused-ring (bicyclic) bond motifs is 1. The van der Waals surface area contributed by atoms with Gasteiger partial charge in [0.25, 0.3) is 0 Å². The lowest BCUT2D eigenvalue weighted by Gasteiger charge is -2.36. The van der Waals surface area contributed by atoms with Gasteiger partial charge in [-0.2, -0.15) is 0 Å². The minimum atomic E-state index is -3.68. The van der Waals surface area contributed by atoms with Crippen LogP contribution >= 0.6 is 11.3 Å². The maximum Gasteiger partial charge on any atom is 0.240 e. The lowest BCUT2D eigenvalue weighted by Crippen LogP contribution is -2.41. The average molecular weight is 495 g/mol. The summed E-state index contributed by atoms with van der Waals surface area (Å²) in [4.78, 5) is 8.48. The Bertz CT molecular complexity index is 1030. The Morgan fingerprint density at radius 2 is 2.00 bits per heavy atom. The van der Waals surface area contributed by atoms with Crippen LogP contribution in [0.3, 0.4) is 0 Å². The summed E-state index contributed by atoms with van der Waals surface area (Å²) in [6, 6.07) is 5.69. The van der Waals surface area contributed by atoms with E-state index in [1.54, 1.807) is 11.3 Å². The lowest BCUT2D eigenvalue weighted by atomic mass is 9.84. The molecule has 6 nitrogen and oxygen atoms in total. The number of hydrogen-bond donors (Lipinski definition) is 2. The highest BCUT2D eigenvalue weighted by Crippen LogP contribution is 2.32. The number of nitrogens with zero attached hydrogens (tertiary/aromatic N) is 2. The molecule has 2 aromatic rings. The second-order valence-corrected chi connectivity index (χ2v) is 12.3. The van der Waals surface area contributed by atoms with Crippen LogP contribution in [0.15, 0.2) is 29.2 Å². The van der Waals surface area contributed by atoms with Crippen LogP contribution in [0.1, 0.15) is 62.4 Å². The number of nitrogens with one attached hydrogen (secondary N) is 1. The van der Waals surface area contributed by atoms with Crippen LogP contribution in [-0.4, -0.2) is 43.5 Å². The molecule has 0 radical (unpaired) electrons. The van der Waals surface area contributed by atoms with Crippen LogP contribution in [0.5, 0.6) is 0 Å². The highest BCUT2D eigenvalue weighted by atomic mass is 32.2. The summed E-state index contributed by atoms with van der Waals surface area (Å²) in [5.41, 5.74) is 7.12. The van der Waals surface area contributed by atoms with E-state index in [9.17, 15) is 12.8 Å². The summed E-state index contributed by atoms with van der Waals surface area (Å²) in [6.45, 7) is 4.44. The normalized spacial score (nSPS) is 23.5. The first-order chi connectivity index (χ1) is 15.8. The van der Waals surface area contributed by atoms with Gasteiger partial charge in [-0.1, -0.05) is 13.0 Å². The van der Waals surface area contributed by atoms with Crippen molar-refractivity contribution in [3.8, 4) is 0 Å². The smallest absolute Gasteiger partial charge is 0.240 e. The van der Waals surface area contributed by atoms with Gasteiger partial charge in [0.15, 0.2) is 5.13 Å². The summed E-state index contributed by atoms with van der Waals surface area (Å²) < 4.78 is 41.4. The minimum absolute atomic E-state index is 0.00170. The van der Waals surface area contributed by atoms with Crippen LogP contribution < -0.4 is 10.5 Å². The number of benzene rings is 1. The van der Waals surface area contributed by atoms with Crippen LogP contribution in [0.4, 0.5) is 9.52 Å². The molecule has 2 aliphatic carbocycles. The fourth-order valence-electron chi connectivity index (χ4n) is 5.29. The third kappa shape index (κ3) is 6.32. The predicted molar refractivity (Wildman–Crippen MR) is 131 cm³/mol. The predicted octanol–water partition coefficient (Wildman–Crippen LogP) is 4.36. The molecule has 3 N–H and O–H groups in total. The van der Waals surface area contributed by atoms with E-state index < -0.39 is 15.8 Å². The van der Waals surface area contributed by atoms with Crippen molar-refractivity contribution in [1.82, 2.24) is 14.6 Å². The molecule has 0 aliphatic heterocycles. The molecule has 1 aromatic carbocycles. The molecule has 2 aliphatic rings. The average Bonchev–Trinajstić information content (AvgIpc) is 3.16. The van der Waals surface area contributed by atoms with Gasteiger partial charge < -0.3 is 10.6 Å². The molecular weight excluding hydrogens is 459 g/mol. The summed E-state index contributed by atoms with van der Waals surface area (Å²) in [6.07, 6.45) is 9.22. The Hall–Kier alpha value is -1.55. The molecule has 0 unspecified atom stereocenters. The maximum absolute atomic E-state index is 13.4. The number of aryl methyl sites for hydroxylation is 1. The Labute approximate surface area is 200 Å². The van der Waals surface area contributed by atoms with E-state index in [4.69, 9.17) is 5.73 Å². The van der Waals surface area contributed by atoms with E-state index in [1.807, 2.05) is 0 Å². The van der Waals surface area contributed by atoms with Crippen molar-refractivity contribution in [2.75, 3.05) is 18.8 Å². The third-order valence-electron chi connectivity index (χ3n) is 7.06. The highest BCUT2D eigenvalue weighted by Gasteiger charge is 2.29. The number of hydrogen-bond acceptors (Lipinski definition) is 6. The zero-order chi connectivity index (χ0) is 23.4. The van der Waals surface area contributed by atoms with Gasteiger partial charge in [-0.3, -0.25) is 0 Å². The molecule has 33 heavy (non-hydrogen) atoms. The lowest BCUT2D eigenvalue weighted by molar-refractivity contribution is 0.158. The molecule has 1 saturated carbocycles. The monoisotopic (exact) mass is 494 g/mol. The highest BCUT2D eigenvalue weighted by molar-refractivity contribution is 7.89. The largest absolute Gasteiger partial charge is 0.375 e. The maximum atomic E-state index is 13.4. The van der Waals surface area contributed by atoms with Gasteiger partial charge in [0.2, 0.25) is 10.0 Å². The number of sulfonamides is 1. The van der Waals surface area contributed by atoms with Crippen molar-refractivity contribution in [3.63, 3.8) is 0 Å². The number of nitrogens with two attached hydrogens (primary N) is 1. The standard InChI is InChI=1S/C24H35FN4O2S2/c1-2-13-29(20-10-11-22-23(16-20)32-24(26)27-22)14-12-17-6-8-19(9-7-17)28-33(30,31)21-5-3-4-18(25)15-21/h3-5,15,17,19-20,28H,2,6-14,16H2,1H3,(H2,26,27)/t17?,19?,20-/m1/s1. The van der Waals surface area contributed by atoms with E-state index in [0.717, 1.165) is 76.9 Å². The van der Waals surface area contributed by atoms with Gasteiger partial charge in [-0.05, 0) is 95.0 Å². The quantitative estimate of drug-likeness (QED) is 0.541. The van der Waals surface area contributed by atoms with Crippen molar-refractivity contribution in [2.24, 2.45) is 5.92 Å². The van der Waals surface area contributed by atoms with Crippen molar-refractivity contribution in [1.29, 1.82) is 0 Å². The molecule has 4 rings (SSSR count). The molecule has 182 valence electrons. The number of thiazole rings is 1. The van der Waals surface area contributed by atoms with E-state index in [2.05, 4.69) is 21.5 Å². The Morgan fingerprint density at radius 3 is 2.73 bits per heavy atom. The van der Waals surface area contributed by atoms with Crippen LogP contribution in [0.2, 0.25) is 0 Å². The summed E-state index contributed by atoms with van der Waals surface area (Å²) in [7, 11) is -3.68. The third-order valence-corrected chi connectivity index (χ3v) is 9.52. The molecular formula is C24H35FN4O2S2. The zero-order valence-corrected chi connectivity index (χ0v) is 20.9. The number of rotatable bonds is 9. The summed E-state index contributed by atoms with van der Waals surface area (Å²) >= 11 is 1.64.